The van der Waals surface area contributed by atoms with E-state index in [1.165, 1.54) is 11.8 Å². The van der Waals surface area contributed by atoms with Crippen LogP contribution in [0.1, 0.15) is 55.7 Å². The summed E-state index contributed by atoms with van der Waals surface area (Å²) in [4.78, 5) is 37.5. The van der Waals surface area contributed by atoms with Gasteiger partial charge in [-0.15, -0.1) is 10.2 Å². The second-order valence-corrected chi connectivity index (χ2v) is 10.5. The van der Waals surface area contributed by atoms with Crippen LogP contribution >= 0.6 is 11.8 Å². The van der Waals surface area contributed by atoms with E-state index in [0.29, 0.717) is 34.4 Å². The van der Waals surface area contributed by atoms with Gasteiger partial charge in [0.25, 0.3) is 5.91 Å². The minimum atomic E-state index is -0.410. The fourth-order valence-electron chi connectivity index (χ4n) is 4.10. The second-order valence-electron chi connectivity index (χ2n) is 9.57. The van der Waals surface area contributed by atoms with E-state index in [9.17, 15) is 14.4 Å². The summed E-state index contributed by atoms with van der Waals surface area (Å²) < 4.78 is 6.88. The second kappa shape index (κ2) is 13.3. The van der Waals surface area contributed by atoms with Crippen LogP contribution in [-0.2, 0) is 16.1 Å². The van der Waals surface area contributed by atoms with E-state index >= 15 is 0 Å². The molecule has 0 unspecified atom stereocenters. The quantitative estimate of drug-likeness (QED) is 0.195. The van der Waals surface area contributed by atoms with Gasteiger partial charge in [-0.3, -0.25) is 14.2 Å². The van der Waals surface area contributed by atoms with Crippen molar-refractivity contribution in [3.05, 3.63) is 99.9 Å². The number of thioether (sulfide) groups is 1. The highest BCUT2D eigenvalue weighted by Crippen LogP contribution is 2.26. The Bertz CT molecular complexity index is 1580. The highest BCUT2D eigenvalue weighted by molar-refractivity contribution is 7.99. The van der Waals surface area contributed by atoms with Crippen LogP contribution in [0.25, 0.3) is 5.69 Å². The van der Waals surface area contributed by atoms with Crippen LogP contribution in [0.3, 0.4) is 0 Å². The number of nitrogens with zero attached hydrogens (tertiary/aromatic N) is 3. The first kappa shape index (κ1) is 29.5. The molecule has 0 fully saturated rings. The summed E-state index contributed by atoms with van der Waals surface area (Å²) in [5.41, 5.74) is 6.74. The minimum absolute atomic E-state index is 0.0810. The molecular formula is C31H33N5O4S. The lowest BCUT2D eigenvalue weighted by molar-refractivity contribution is -0.113. The van der Waals surface area contributed by atoms with E-state index in [-0.39, 0.29) is 24.1 Å². The van der Waals surface area contributed by atoms with Crippen molar-refractivity contribution < 1.29 is 19.1 Å². The molecule has 4 rings (SSSR count). The molecule has 2 N–H and O–H groups in total. The predicted molar refractivity (Wildman–Crippen MR) is 160 cm³/mol. The highest BCUT2D eigenvalue weighted by atomic mass is 32.2. The number of hydrogen-bond acceptors (Lipinski definition) is 7. The van der Waals surface area contributed by atoms with Crippen LogP contribution in [0.15, 0.2) is 65.8 Å². The van der Waals surface area contributed by atoms with E-state index in [4.69, 9.17) is 4.74 Å². The molecule has 0 aliphatic rings. The Balaban J connectivity index is 1.49. The number of aryl methyl sites for hydroxylation is 3. The summed E-state index contributed by atoms with van der Waals surface area (Å²) in [7, 11) is 0. The number of aromatic nitrogens is 3. The van der Waals surface area contributed by atoms with Gasteiger partial charge < -0.3 is 15.4 Å². The number of nitrogens with one attached hydrogen (secondary N) is 2. The molecule has 0 radical (unpaired) electrons. The van der Waals surface area contributed by atoms with Crippen LogP contribution < -0.4 is 10.6 Å². The van der Waals surface area contributed by atoms with Crippen molar-refractivity contribution in [2.45, 2.75) is 46.3 Å². The standard InChI is InChI=1S/C31H33N5O4S/c1-6-40-30(39)23-12-14-25(15-13-23)33-28(37)18-41-31-35-34-27(36(31)26-9-7-8-20(3)22(26)5)17-32-29(38)24-11-10-19(2)21(4)16-24/h7-16H,6,17-18H2,1-5H3,(H,32,38)(H,33,37). The summed E-state index contributed by atoms with van der Waals surface area (Å²) >= 11 is 1.24. The molecule has 41 heavy (non-hydrogen) atoms. The van der Waals surface area contributed by atoms with Crippen molar-refractivity contribution in [2.24, 2.45) is 0 Å². The molecule has 0 aliphatic heterocycles. The van der Waals surface area contributed by atoms with E-state index in [0.717, 1.165) is 27.9 Å². The number of esters is 1. The molecule has 0 aliphatic carbocycles. The van der Waals surface area contributed by atoms with Gasteiger partial charge in [-0.2, -0.15) is 0 Å². The number of ether oxygens (including phenoxy) is 1. The zero-order valence-electron chi connectivity index (χ0n) is 23.8. The van der Waals surface area contributed by atoms with E-state index in [2.05, 4.69) is 20.8 Å². The number of hydrogen-bond donors (Lipinski definition) is 2. The van der Waals surface area contributed by atoms with Crippen molar-refractivity contribution in [1.29, 1.82) is 0 Å². The van der Waals surface area contributed by atoms with Crippen molar-refractivity contribution in [1.82, 2.24) is 20.1 Å². The Labute approximate surface area is 243 Å². The number of anilines is 1. The van der Waals surface area contributed by atoms with Crippen LogP contribution in [0.5, 0.6) is 0 Å². The average Bonchev–Trinajstić information content (AvgIpc) is 3.36. The van der Waals surface area contributed by atoms with Gasteiger partial charge in [0, 0.05) is 11.3 Å². The molecule has 10 heteroatoms. The zero-order chi connectivity index (χ0) is 29.5. The molecule has 3 aromatic carbocycles. The molecule has 212 valence electrons. The van der Waals surface area contributed by atoms with Gasteiger partial charge >= 0.3 is 5.97 Å². The van der Waals surface area contributed by atoms with Crippen LogP contribution in [0.2, 0.25) is 0 Å². The monoisotopic (exact) mass is 571 g/mol. The van der Waals surface area contributed by atoms with Crippen LogP contribution in [0.4, 0.5) is 5.69 Å². The van der Waals surface area contributed by atoms with Gasteiger partial charge in [-0.1, -0.05) is 30.0 Å². The normalized spacial score (nSPS) is 10.8. The Morgan fingerprint density at radius 2 is 1.61 bits per heavy atom. The molecule has 0 bridgehead atoms. The lowest BCUT2D eigenvalue weighted by atomic mass is 10.1. The first-order valence-electron chi connectivity index (χ1n) is 13.2. The number of carbonyl (C=O) groups is 3. The summed E-state index contributed by atoms with van der Waals surface area (Å²) in [6, 6.07) is 18.1. The Morgan fingerprint density at radius 3 is 2.32 bits per heavy atom. The fourth-order valence-corrected chi connectivity index (χ4v) is 4.87. The Hall–Kier alpha value is -4.44. The van der Waals surface area contributed by atoms with Crippen molar-refractivity contribution in [3.8, 4) is 5.69 Å². The largest absolute Gasteiger partial charge is 0.462 e. The summed E-state index contributed by atoms with van der Waals surface area (Å²) in [5.74, 6) is -0.219. The van der Waals surface area contributed by atoms with Gasteiger partial charge in [0.05, 0.1) is 30.2 Å². The molecule has 1 aromatic heterocycles. The minimum Gasteiger partial charge on any atom is -0.462 e. The average molecular weight is 572 g/mol. The summed E-state index contributed by atoms with van der Waals surface area (Å²) in [6.45, 7) is 10.2. The molecule has 1 heterocycles. The number of carbonyl (C=O) groups excluding carboxylic acids is 3. The van der Waals surface area contributed by atoms with E-state index in [1.54, 1.807) is 37.3 Å². The van der Waals surface area contributed by atoms with Crippen LogP contribution in [-0.4, -0.2) is 44.9 Å². The molecule has 0 atom stereocenters. The van der Waals surface area contributed by atoms with Gasteiger partial charge in [0.1, 0.15) is 0 Å². The summed E-state index contributed by atoms with van der Waals surface area (Å²) in [5, 5.41) is 15.0. The molecule has 0 saturated carbocycles. The van der Waals surface area contributed by atoms with Crippen molar-refractivity contribution >= 4 is 35.2 Å². The maximum absolute atomic E-state index is 12.9. The van der Waals surface area contributed by atoms with E-state index < -0.39 is 5.97 Å². The van der Waals surface area contributed by atoms with Crippen molar-refractivity contribution in [3.63, 3.8) is 0 Å². The molecule has 2 amide bonds. The molecule has 9 nitrogen and oxygen atoms in total. The Morgan fingerprint density at radius 1 is 0.878 bits per heavy atom. The smallest absolute Gasteiger partial charge is 0.338 e. The first-order chi connectivity index (χ1) is 19.7. The van der Waals surface area contributed by atoms with Gasteiger partial charge in [-0.05, 0) is 99.3 Å². The van der Waals surface area contributed by atoms with Crippen LogP contribution in [0, 0.1) is 27.7 Å². The van der Waals surface area contributed by atoms with Gasteiger partial charge in [0.15, 0.2) is 11.0 Å². The maximum Gasteiger partial charge on any atom is 0.338 e. The third-order valence-electron chi connectivity index (χ3n) is 6.71. The topological polar surface area (TPSA) is 115 Å². The number of amides is 2. The third kappa shape index (κ3) is 7.20. The molecule has 0 spiro atoms. The first-order valence-corrected chi connectivity index (χ1v) is 14.2. The zero-order valence-corrected chi connectivity index (χ0v) is 24.6. The van der Waals surface area contributed by atoms with Gasteiger partial charge in [0.2, 0.25) is 5.91 Å². The number of benzene rings is 3. The molecule has 0 saturated heterocycles. The SMILES string of the molecule is CCOC(=O)c1ccc(NC(=O)CSc2nnc(CNC(=O)c3ccc(C)c(C)c3)n2-c2cccc(C)c2C)cc1. The van der Waals surface area contributed by atoms with Gasteiger partial charge in [-0.25, -0.2) is 4.79 Å². The molecule has 4 aromatic rings. The fraction of sp³-hybridized carbons (Fsp3) is 0.258. The lowest BCUT2D eigenvalue weighted by Gasteiger charge is -2.15. The van der Waals surface area contributed by atoms with Crippen molar-refractivity contribution in [2.75, 3.05) is 17.7 Å². The molecular weight excluding hydrogens is 538 g/mol. The maximum atomic E-state index is 12.9. The Kier molecular flexibility index (Phi) is 9.57. The lowest BCUT2D eigenvalue weighted by Crippen LogP contribution is -2.25. The highest BCUT2D eigenvalue weighted by Gasteiger charge is 2.19. The summed E-state index contributed by atoms with van der Waals surface area (Å²) in [6.07, 6.45) is 0. The number of rotatable bonds is 10. The predicted octanol–water partition coefficient (Wildman–Crippen LogP) is 5.34. The van der Waals surface area contributed by atoms with E-state index in [1.807, 2.05) is 62.6 Å². The third-order valence-corrected chi connectivity index (χ3v) is 7.63.